The minimum Gasteiger partial charge on any atom is -0.378 e. The largest absolute Gasteiger partial charge is 0.378 e. The number of hydrogen-bond acceptors (Lipinski definition) is 5. The standard InChI is InChI=1S/C18H14BrFN6O/c19-16-7-15(5-6-17(16)20)26(27)18(22)25-11-14(10-24-25)23-9-13-3-1-12(8-21)2-4-13/h1-7,10-11,22-23,27H,9H2. The van der Waals surface area contributed by atoms with Crippen molar-refractivity contribution in [2.75, 3.05) is 10.4 Å². The van der Waals surface area contributed by atoms with E-state index in [9.17, 15) is 9.60 Å². The molecule has 2 aromatic carbocycles. The second-order valence-electron chi connectivity index (χ2n) is 5.57. The molecular weight excluding hydrogens is 415 g/mol. The molecule has 0 aliphatic rings. The summed E-state index contributed by atoms with van der Waals surface area (Å²) in [6.45, 7) is 0.512. The Morgan fingerprint density at radius 3 is 2.74 bits per heavy atom. The lowest BCUT2D eigenvalue weighted by Gasteiger charge is -2.17. The summed E-state index contributed by atoms with van der Waals surface area (Å²) in [6, 6.07) is 13.1. The van der Waals surface area contributed by atoms with Crippen molar-refractivity contribution in [2.24, 2.45) is 0 Å². The molecule has 0 spiro atoms. The number of anilines is 2. The molecule has 3 rings (SSSR count). The van der Waals surface area contributed by atoms with Gasteiger partial charge in [-0.1, -0.05) is 12.1 Å². The molecule has 0 saturated heterocycles. The van der Waals surface area contributed by atoms with E-state index in [1.807, 2.05) is 12.1 Å². The molecule has 0 radical (unpaired) electrons. The molecule has 0 unspecified atom stereocenters. The quantitative estimate of drug-likeness (QED) is 0.331. The van der Waals surface area contributed by atoms with E-state index >= 15 is 0 Å². The number of aromatic nitrogens is 2. The molecule has 7 nitrogen and oxygen atoms in total. The zero-order valence-corrected chi connectivity index (χ0v) is 15.5. The maximum absolute atomic E-state index is 13.3. The van der Waals surface area contributed by atoms with Crippen molar-refractivity contribution in [2.45, 2.75) is 6.54 Å². The van der Waals surface area contributed by atoms with Gasteiger partial charge in [0.15, 0.2) is 0 Å². The number of hydroxylamine groups is 1. The summed E-state index contributed by atoms with van der Waals surface area (Å²) in [7, 11) is 0. The minimum absolute atomic E-state index is 0.178. The first-order valence-electron chi connectivity index (χ1n) is 7.78. The van der Waals surface area contributed by atoms with Crippen molar-refractivity contribution in [3.63, 3.8) is 0 Å². The van der Waals surface area contributed by atoms with Crippen LogP contribution in [0, 0.1) is 22.6 Å². The first kappa shape index (κ1) is 18.6. The highest BCUT2D eigenvalue weighted by Gasteiger charge is 2.14. The van der Waals surface area contributed by atoms with Gasteiger partial charge in [0, 0.05) is 6.54 Å². The highest BCUT2D eigenvalue weighted by atomic mass is 79.9. The SMILES string of the molecule is N#Cc1ccc(CNc2cnn(C(=N)N(O)c3ccc(F)c(Br)c3)c2)cc1. The average molecular weight is 429 g/mol. The second-order valence-corrected chi connectivity index (χ2v) is 6.42. The number of nitrogens with one attached hydrogen (secondary N) is 2. The van der Waals surface area contributed by atoms with E-state index in [2.05, 4.69) is 32.4 Å². The van der Waals surface area contributed by atoms with Crippen LogP contribution in [0.2, 0.25) is 0 Å². The highest BCUT2D eigenvalue weighted by molar-refractivity contribution is 9.10. The van der Waals surface area contributed by atoms with Crippen molar-refractivity contribution in [3.8, 4) is 6.07 Å². The Balaban J connectivity index is 1.66. The third kappa shape index (κ3) is 4.31. The lowest BCUT2D eigenvalue weighted by atomic mass is 10.1. The smallest absolute Gasteiger partial charge is 0.248 e. The molecule has 0 aliphatic heterocycles. The molecule has 3 N–H and O–H groups in total. The molecule has 0 saturated carbocycles. The summed E-state index contributed by atoms with van der Waals surface area (Å²) < 4.78 is 14.7. The van der Waals surface area contributed by atoms with Crippen LogP contribution in [0.15, 0.2) is 59.3 Å². The molecule has 0 aliphatic carbocycles. The summed E-state index contributed by atoms with van der Waals surface area (Å²) in [5.41, 5.74) is 2.45. The predicted octanol–water partition coefficient (Wildman–Crippen LogP) is 3.95. The van der Waals surface area contributed by atoms with Crippen molar-refractivity contribution < 1.29 is 9.60 Å². The van der Waals surface area contributed by atoms with E-state index in [1.54, 1.807) is 18.3 Å². The van der Waals surface area contributed by atoms with Gasteiger partial charge in [-0.15, -0.1) is 0 Å². The Morgan fingerprint density at radius 2 is 2.07 bits per heavy atom. The fourth-order valence-corrected chi connectivity index (χ4v) is 2.63. The lowest BCUT2D eigenvalue weighted by Crippen LogP contribution is -2.32. The van der Waals surface area contributed by atoms with Crippen LogP contribution in [0.4, 0.5) is 15.8 Å². The summed E-state index contributed by atoms with van der Waals surface area (Å²) in [6.07, 6.45) is 3.07. The first-order chi connectivity index (χ1) is 13.0. The van der Waals surface area contributed by atoms with Gasteiger partial charge < -0.3 is 5.32 Å². The Kier molecular flexibility index (Phi) is 5.49. The van der Waals surface area contributed by atoms with Gasteiger partial charge in [0.25, 0.3) is 0 Å². The van der Waals surface area contributed by atoms with Crippen molar-refractivity contribution in [3.05, 3.63) is 76.3 Å². The number of hydrogen-bond donors (Lipinski definition) is 3. The van der Waals surface area contributed by atoms with Crippen LogP contribution in [-0.4, -0.2) is 20.9 Å². The van der Waals surface area contributed by atoms with Crippen molar-refractivity contribution >= 4 is 33.3 Å². The van der Waals surface area contributed by atoms with Gasteiger partial charge in [-0.05, 0) is 51.8 Å². The fraction of sp³-hybridized carbons (Fsp3) is 0.0556. The van der Waals surface area contributed by atoms with E-state index in [0.29, 0.717) is 22.9 Å². The van der Waals surface area contributed by atoms with Crippen molar-refractivity contribution in [1.82, 2.24) is 9.78 Å². The molecule has 0 amide bonds. The summed E-state index contributed by atoms with van der Waals surface area (Å²) >= 11 is 3.04. The highest BCUT2D eigenvalue weighted by Crippen LogP contribution is 2.22. The first-order valence-corrected chi connectivity index (χ1v) is 8.58. The predicted molar refractivity (Wildman–Crippen MR) is 102 cm³/mol. The normalized spacial score (nSPS) is 10.3. The van der Waals surface area contributed by atoms with Gasteiger partial charge in [-0.3, -0.25) is 10.6 Å². The topological polar surface area (TPSA) is 101 Å². The molecule has 136 valence electrons. The van der Waals surface area contributed by atoms with E-state index < -0.39 is 5.82 Å². The Morgan fingerprint density at radius 1 is 1.33 bits per heavy atom. The Bertz CT molecular complexity index is 1010. The van der Waals surface area contributed by atoms with Gasteiger partial charge in [-0.2, -0.15) is 15.4 Å². The maximum Gasteiger partial charge on any atom is 0.248 e. The average Bonchev–Trinajstić information content (AvgIpc) is 3.16. The van der Waals surface area contributed by atoms with Gasteiger partial charge in [0.1, 0.15) is 5.82 Å². The van der Waals surface area contributed by atoms with Crippen LogP contribution in [-0.2, 0) is 6.54 Å². The summed E-state index contributed by atoms with van der Waals surface area (Å²) in [4.78, 5) is 0. The van der Waals surface area contributed by atoms with E-state index in [-0.39, 0.29) is 16.1 Å². The third-order valence-electron chi connectivity index (χ3n) is 3.73. The molecule has 1 aromatic heterocycles. The van der Waals surface area contributed by atoms with Crippen LogP contribution >= 0.6 is 15.9 Å². The van der Waals surface area contributed by atoms with Crippen molar-refractivity contribution in [1.29, 1.82) is 10.7 Å². The van der Waals surface area contributed by atoms with Gasteiger partial charge in [0.2, 0.25) is 5.96 Å². The maximum atomic E-state index is 13.3. The molecular formula is C18H14BrFN6O. The number of halogens is 2. The Hall–Kier alpha value is -3.22. The van der Waals surface area contributed by atoms with E-state index in [1.165, 1.54) is 29.1 Å². The van der Waals surface area contributed by atoms with Crippen LogP contribution in [0.1, 0.15) is 11.1 Å². The molecule has 9 heteroatoms. The molecule has 3 aromatic rings. The molecule has 1 heterocycles. The number of nitrogens with zero attached hydrogens (tertiary/aromatic N) is 4. The molecule has 27 heavy (non-hydrogen) atoms. The van der Waals surface area contributed by atoms with E-state index in [4.69, 9.17) is 10.7 Å². The molecule has 0 fully saturated rings. The number of rotatable bonds is 4. The Labute approximate surface area is 162 Å². The van der Waals surface area contributed by atoms with Crippen LogP contribution in [0.3, 0.4) is 0 Å². The van der Waals surface area contributed by atoms with Gasteiger partial charge >= 0.3 is 0 Å². The van der Waals surface area contributed by atoms with Crippen LogP contribution in [0.25, 0.3) is 0 Å². The van der Waals surface area contributed by atoms with E-state index in [0.717, 1.165) is 5.56 Å². The number of benzene rings is 2. The molecule has 0 atom stereocenters. The summed E-state index contributed by atoms with van der Waals surface area (Å²) in [5.74, 6) is -0.785. The second kappa shape index (κ2) is 7.99. The zero-order chi connectivity index (χ0) is 19.4. The summed E-state index contributed by atoms with van der Waals surface area (Å²) in [5, 5.41) is 34.8. The monoisotopic (exact) mass is 428 g/mol. The molecule has 0 bridgehead atoms. The van der Waals surface area contributed by atoms with Crippen LogP contribution < -0.4 is 10.4 Å². The third-order valence-corrected chi connectivity index (χ3v) is 4.34. The fourth-order valence-electron chi connectivity index (χ4n) is 2.27. The minimum atomic E-state index is -0.466. The zero-order valence-electron chi connectivity index (χ0n) is 13.9. The lowest BCUT2D eigenvalue weighted by molar-refractivity contribution is 0.306. The van der Waals surface area contributed by atoms with Gasteiger partial charge in [-0.25, -0.2) is 9.07 Å². The van der Waals surface area contributed by atoms with Crippen LogP contribution in [0.5, 0.6) is 0 Å². The van der Waals surface area contributed by atoms with Gasteiger partial charge in [0.05, 0.1) is 39.9 Å². The number of nitriles is 1.